The summed E-state index contributed by atoms with van der Waals surface area (Å²) in [5.74, 6) is -0.109. The fourth-order valence-electron chi connectivity index (χ4n) is 2.23. The molecule has 0 aromatic carbocycles. The second kappa shape index (κ2) is 6.52. The maximum Gasteiger partial charge on any atom is 0.270 e. The summed E-state index contributed by atoms with van der Waals surface area (Å²) in [5, 5.41) is 6.17. The summed E-state index contributed by atoms with van der Waals surface area (Å²) in [5.41, 5.74) is 1.39. The Hall–Kier alpha value is -1.62. The van der Waals surface area contributed by atoms with Crippen molar-refractivity contribution in [2.75, 3.05) is 18.5 Å². The third-order valence-corrected chi connectivity index (χ3v) is 3.20. The quantitative estimate of drug-likeness (QED) is 0.869. The summed E-state index contributed by atoms with van der Waals surface area (Å²) in [4.78, 5) is 16.2. The van der Waals surface area contributed by atoms with E-state index < -0.39 is 0 Å². The van der Waals surface area contributed by atoms with Crippen LogP contribution in [0.4, 0.5) is 5.69 Å². The van der Waals surface area contributed by atoms with Crippen molar-refractivity contribution in [2.24, 2.45) is 0 Å². The van der Waals surface area contributed by atoms with Gasteiger partial charge in [-0.05, 0) is 38.8 Å². The summed E-state index contributed by atoms with van der Waals surface area (Å²) in [6.07, 6.45) is 3.63. The summed E-state index contributed by atoms with van der Waals surface area (Å²) in [6.45, 7) is 5.60. The van der Waals surface area contributed by atoms with Crippen LogP contribution in [0.25, 0.3) is 0 Å². The van der Waals surface area contributed by atoms with Crippen molar-refractivity contribution in [3.05, 3.63) is 24.0 Å². The Morgan fingerprint density at radius 2 is 2.37 bits per heavy atom. The number of amides is 1. The average Bonchev–Trinajstić information content (AvgIpc) is 2.40. The molecule has 104 valence electrons. The molecule has 1 saturated heterocycles. The molecule has 1 aliphatic heterocycles. The number of rotatable bonds is 4. The molecule has 1 aliphatic rings. The molecule has 19 heavy (non-hydrogen) atoms. The number of carbonyl (C=O) groups excluding carboxylic acids is 1. The van der Waals surface area contributed by atoms with Crippen molar-refractivity contribution in [1.29, 1.82) is 0 Å². The van der Waals surface area contributed by atoms with Gasteiger partial charge in [0.25, 0.3) is 5.91 Å². The molecule has 2 rings (SSSR count). The third kappa shape index (κ3) is 3.92. The lowest BCUT2D eigenvalue weighted by Gasteiger charge is -2.27. The number of ether oxygens (including phenoxy) is 1. The Morgan fingerprint density at radius 1 is 1.53 bits per heavy atom. The summed E-state index contributed by atoms with van der Waals surface area (Å²) in [7, 11) is 0. The molecule has 0 saturated carbocycles. The van der Waals surface area contributed by atoms with E-state index in [0.29, 0.717) is 12.3 Å². The first kappa shape index (κ1) is 13.8. The minimum atomic E-state index is -0.109. The fraction of sp³-hybridized carbons (Fsp3) is 0.571. The predicted molar refractivity (Wildman–Crippen MR) is 74.3 cm³/mol. The van der Waals surface area contributed by atoms with Crippen LogP contribution in [0.5, 0.6) is 0 Å². The van der Waals surface area contributed by atoms with E-state index in [4.69, 9.17) is 4.74 Å². The van der Waals surface area contributed by atoms with Crippen LogP contribution in [0.3, 0.4) is 0 Å². The molecule has 1 amide bonds. The predicted octanol–water partition coefficient (Wildman–Crippen LogP) is 1.81. The molecule has 5 nitrogen and oxygen atoms in total. The van der Waals surface area contributed by atoms with Gasteiger partial charge in [-0.2, -0.15) is 0 Å². The normalized spacial score (nSPS) is 22.8. The zero-order chi connectivity index (χ0) is 13.7. The van der Waals surface area contributed by atoms with Crippen LogP contribution < -0.4 is 10.6 Å². The largest absolute Gasteiger partial charge is 0.384 e. The summed E-state index contributed by atoms with van der Waals surface area (Å²) >= 11 is 0. The van der Waals surface area contributed by atoms with E-state index in [1.807, 2.05) is 19.9 Å². The highest BCUT2D eigenvalue weighted by Crippen LogP contribution is 2.14. The minimum absolute atomic E-state index is 0.109. The van der Waals surface area contributed by atoms with E-state index in [1.54, 1.807) is 12.3 Å². The van der Waals surface area contributed by atoms with Gasteiger partial charge >= 0.3 is 0 Å². The Balaban J connectivity index is 1.91. The fourth-order valence-corrected chi connectivity index (χ4v) is 2.23. The molecule has 2 heterocycles. The maximum absolute atomic E-state index is 12.1. The highest BCUT2D eigenvalue weighted by atomic mass is 16.5. The number of carbonyl (C=O) groups is 1. The molecule has 1 fully saturated rings. The zero-order valence-corrected chi connectivity index (χ0v) is 11.5. The number of pyridine rings is 1. The van der Waals surface area contributed by atoms with Crippen LogP contribution in [0, 0.1) is 0 Å². The molecule has 5 heteroatoms. The van der Waals surface area contributed by atoms with Gasteiger partial charge in [0.15, 0.2) is 0 Å². The minimum Gasteiger partial charge on any atom is -0.384 e. The monoisotopic (exact) mass is 263 g/mol. The van der Waals surface area contributed by atoms with Gasteiger partial charge in [0.05, 0.1) is 18.0 Å². The second-order valence-electron chi connectivity index (χ2n) is 4.84. The third-order valence-electron chi connectivity index (χ3n) is 3.20. The lowest BCUT2D eigenvalue weighted by Crippen LogP contribution is -2.41. The first-order chi connectivity index (χ1) is 9.19. The number of nitrogens with one attached hydrogen (secondary N) is 2. The van der Waals surface area contributed by atoms with Crippen molar-refractivity contribution in [3.8, 4) is 0 Å². The van der Waals surface area contributed by atoms with Crippen LogP contribution >= 0.6 is 0 Å². The van der Waals surface area contributed by atoms with Gasteiger partial charge in [-0.15, -0.1) is 0 Å². The van der Waals surface area contributed by atoms with Crippen molar-refractivity contribution >= 4 is 11.6 Å². The SMILES string of the molecule is CCNc1ccc(C(=O)NC2CCOC(C)C2)nc1. The van der Waals surface area contributed by atoms with Gasteiger partial charge in [-0.1, -0.05) is 0 Å². The molecule has 0 radical (unpaired) electrons. The number of anilines is 1. The summed E-state index contributed by atoms with van der Waals surface area (Å²) in [6, 6.07) is 3.81. The topological polar surface area (TPSA) is 63.2 Å². The van der Waals surface area contributed by atoms with Gasteiger partial charge in [-0.25, -0.2) is 4.98 Å². The number of hydrogen-bond acceptors (Lipinski definition) is 4. The highest BCUT2D eigenvalue weighted by molar-refractivity contribution is 5.92. The van der Waals surface area contributed by atoms with Crippen LogP contribution in [-0.4, -0.2) is 36.2 Å². The Morgan fingerprint density at radius 3 is 3.00 bits per heavy atom. The van der Waals surface area contributed by atoms with Crippen LogP contribution in [0.15, 0.2) is 18.3 Å². The molecule has 0 spiro atoms. The van der Waals surface area contributed by atoms with Crippen molar-refractivity contribution in [3.63, 3.8) is 0 Å². The molecular weight excluding hydrogens is 242 g/mol. The van der Waals surface area contributed by atoms with Crippen LogP contribution in [-0.2, 0) is 4.74 Å². The van der Waals surface area contributed by atoms with Crippen molar-refractivity contribution in [1.82, 2.24) is 10.3 Å². The lowest BCUT2D eigenvalue weighted by molar-refractivity contribution is 0.0136. The smallest absolute Gasteiger partial charge is 0.270 e. The number of hydrogen-bond donors (Lipinski definition) is 2. The number of nitrogens with zero attached hydrogens (tertiary/aromatic N) is 1. The molecule has 2 unspecified atom stereocenters. The van der Waals surface area contributed by atoms with Gasteiger partial charge in [0.2, 0.25) is 0 Å². The number of aromatic nitrogens is 1. The molecular formula is C14H21N3O2. The van der Waals surface area contributed by atoms with E-state index in [-0.39, 0.29) is 18.1 Å². The lowest BCUT2D eigenvalue weighted by atomic mass is 10.0. The van der Waals surface area contributed by atoms with E-state index in [1.165, 1.54) is 0 Å². The Bertz CT molecular complexity index is 419. The molecule has 2 atom stereocenters. The van der Waals surface area contributed by atoms with Crippen molar-refractivity contribution < 1.29 is 9.53 Å². The maximum atomic E-state index is 12.1. The molecule has 0 bridgehead atoms. The van der Waals surface area contributed by atoms with Crippen molar-refractivity contribution in [2.45, 2.75) is 38.8 Å². The van der Waals surface area contributed by atoms with E-state index in [2.05, 4.69) is 15.6 Å². The van der Waals surface area contributed by atoms with Gasteiger partial charge in [-0.3, -0.25) is 4.79 Å². The molecule has 0 aliphatic carbocycles. The highest BCUT2D eigenvalue weighted by Gasteiger charge is 2.21. The van der Waals surface area contributed by atoms with E-state index in [9.17, 15) is 4.79 Å². The summed E-state index contributed by atoms with van der Waals surface area (Å²) < 4.78 is 5.46. The van der Waals surface area contributed by atoms with Gasteiger partial charge < -0.3 is 15.4 Å². The molecule has 1 aromatic heterocycles. The van der Waals surface area contributed by atoms with Crippen LogP contribution in [0.2, 0.25) is 0 Å². The van der Waals surface area contributed by atoms with Crippen LogP contribution in [0.1, 0.15) is 37.2 Å². The second-order valence-corrected chi connectivity index (χ2v) is 4.84. The Labute approximate surface area is 113 Å². The standard InChI is InChI=1S/C14H21N3O2/c1-3-15-12-4-5-13(16-9-12)14(18)17-11-6-7-19-10(2)8-11/h4-5,9-11,15H,3,6-8H2,1-2H3,(H,17,18). The average molecular weight is 263 g/mol. The first-order valence-corrected chi connectivity index (χ1v) is 6.81. The molecule has 1 aromatic rings. The first-order valence-electron chi connectivity index (χ1n) is 6.81. The van der Waals surface area contributed by atoms with E-state index in [0.717, 1.165) is 25.1 Å². The molecule has 2 N–H and O–H groups in total. The van der Waals surface area contributed by atoms with Gasteiger partial charge in [0.1, 0.15) is 5.69 Å². The zero-order valence-electron chi connectivity index (χ0n) is 11.5. The van der Waals surface area contributed by atoms with Gasteiger partial charge in [0, 0.05) is 19.2 Å². The Kier molecular flexibility index (Phi) is 4.74. The van der Waals surface area contributed by atoms with E-state index >= 15 is 0 Å².